The number of hydrogen-bond acceptors (Lipinski definition) is 4. The molecule has 0 unspecified atom stereocenters. The number of rotatable bonds is 2. The van der Waals surface area contributed by atoms with Crippen molar-refractivity contribution < 1.29 is 4.74 Å². The number of hydrogen-bond donors (Lipinski definition) is 0. The molecule has 120 valence electrons. The molecule has 0 radical (unpaired) electrons. The molecule has 4 nitrogen and oxygen atoms in total. The number of halogens is 2. The molecule has 0 saturated heterocycles. The number of thiazole rings is 1. The first-order valence-corrected chi connectivity index (χ1v) is 8.60. The molecule has 4 aromatic rings. The summed E-state index contributed by atoms with van der Waals surface area (Å²) in [6.07, 6.45) is 1.77. The molecule has 7 heteroatoms. The largest absolute Gasteiger partial charge is 0.495 e. The highest BCUT2D eigenvalue weighted by atomic mass is 35.5. The van der Waals surface area contributed by atoms with E-state index in [1.54, 1.807) is 22.6 Å². The Bertz CT molecular complexity index is 1200. The summed E-state index contributed by atoms with van der Waals surface area (Å²) in [5, 5.41) is 0.729. The number of para-hydroxylation sites is 2. The van der Waals surface area contributed by atoms with E-state index in [9.17, 15) is 4.79 Å². The highest BCUT2D eigenvalue weighted by Crippen LogP contribution is 2.33. The third-order valence-electron chi connectivity index (χ3n) is 3.68. The Kier molecular flexibility index (Phi) is 3.72. The van der Waals surface area contributed by atoms with Crippen LogP contribution in [-0.4, -0.2) is 16.5 Å². The maximum Gasteiger partial charge on any atom is 0.274 e. The number of fused-ring (bicyclic) bond motifs is 3. The second-order valence-electron chi connectivity index (χ2n) is 5.15. The van der Waals surface area contributed by atoms with Crippen LogP contribution in [0.25, 0.3) is 22.1 Å². The molecule has 0 fully saturated rings. The Morgan fingerprint density at radius 3 is 2.83 bits per heavy atom. The number of aromatic nitrogens is 2. The molecule has 0 aliphatic carbocycles. The molecule has 0 bridgehead atoms. The second kappa shape index (κ2) is 5.77. The Balaban J connectivity index is 1.97. The van der Waals surface area contributed by atoms with E-state index in [0.717, 1.165) is 16.6 Å². The first-order valence-electron chi connectivity index (χ1n) is 7.03. The number of imidazole rings is 1. The maximum atomic E-state index is 12.7. The predicted octanol–water partition coefficient (Wildman–Crippen LogP) is 3.77. The highest BCUT2D eigenvalue weighted by molar-refractivity contribution is 7.15. The van der Waals surface area contributed by atoms with Gasteiger partial charge in [-0.15, -0.1) is 0 Å². The summed E-state index contributed by atoms with van der Waals surface area (Å²) in [7, 11) is 1.52. The summed E-state index contributed by atoms with van der Waals surface area (Å²) in [6.45, 7) is 0. The van der Waals surface area contributed by atoms with Gasteiger partial charge < -0.3 is 4.74 Å². The molecule has 2 heterocycles. The van der Waals surface area contributed by atoms with E-state index in [4.69, 9.17) is 27.9 Å². The first kappa shape index (κ1) is 15.4. The van der Waals surface area contributed by atoms with Gasteiger partial charge in [-0.25, -0.2) is 9.38 Å². The monoisotopic (exact) mass is 376 g/mol. The van der Waals surface area contributed by atoms with Crippen LogP contribution in [0.4, 0.5) is 0 Å². The second-order valence-corrected chi connectivity index (χ2v) is 6.95. The van der Waals surface area contributed by atoms with Gasteiger partial charge in [0.15, 0.2) is 4.96 Å². The van der Waals surface area contributed by atoms with Gasteiger partial charge in [0.2, 0.25) is 0 Å². The van der Waals surface area contributed by atoms with E-state index in [0.29, 0.717) is 25.3 Å². The standard InChI is InChI=1S/C17H10Cl2N2O2S/c1-23-13-7-9(6-10(18)15(13)19)8-14-16(22)21-12-5-3-2-4-11(12)20-17(21)24-14/h2-8H,1H3. The Labute approximate surface area is 150 Å². The molecule has 4 rings (SSSR count). The van der Waals surface area contributed by atoms with Crippen LogP contribution in [-0.2, 0) is 0 Å². The van der Waals surface area contributed by atoms with Crippen molar-refractivity contribution in [1.29, 1.82) is 0 Å². The Morgan fingerprint density at radius 1 is 1.25 bits per heavy atom. The van der Waals surface area contributed by atoms with Crippen LogP contribution in [0.2, 0.25) is 10.0 Å². The smallest absolute Gasteiger partial charge is 0.274 e. The van der Waals surface area contributed by atoms with Gasteiger partial charge in [-0.3, -0.25) is 4.79 Å². The summed E-state index contributed by atoms with van der Waals surface area (Å²) < 4.78 is 7.41. The van der Waals surface area contributed by atoms with Gasteiger partial charge in [-0.1, -0.05) is 46.7 Å². The summed E-state index contributed by atoms with van der Waals surface area (Å²) in [6, 6.07) is 11.0. The molecule has 0 N–H and O–H groups in total. The van der Waals surface area contributed by atoms with Gasteiger partial charge in [0.25, 0.3) is 5.56 Å². The van der Waals surface area contributed by atoms with Gasteiger partial charge in [0.1, 0.15) is 10.8 Å². The van der Waals surface area contributed by atoms with Gasteiger partial charge in [0, 0.05) is 0 Å². The lowest BCUT2D eigenvalue weighted by Gasteiger charge is -2.05. The summed E-state index contributed by atoms with van der Waals surface area (Å²) >= 11 is 13.5. The van der Waals surface area contributed by atoms with Gasteiger partial charge >= 0.3 is 0 Å². The van der Waals surface area contributed by atoms with Crippen molar-refractivity contribution >= 4 is 56.6 Å². The minimum absolute atomic E-state index is 0.103. The number of benzene rings is 2. The molecular formula is C17H10Cl2N2O2S. The maximum absolute atomic E-state index is 12.7. The van der Waals surface area contributed by atoms with Crippen molar-refractivity contribution in [3.05, 3.63) is 66.9 Å². The van der Waals surface area contributed by atoms with Crippen molar-refractivity contribution in [1.82, 2.24) is 9.38 Å². The average molecular weight is 377 g/mol. The van der Waals surface area contributed by atoms with E-state index in [1.807, 2.05) is 24.3 Å². The van der Waals surface area contributed by atoms with Crippen molar-refractivity contribution in [3.8, 4) is 5.75 Å². The van der Waals surface area contributed by atoms with Crippen LogP contribution in [0.3, 0.4) is 0 Å². The van der Waals surface area contributed by atoms with Gasteiger partial charge in [-0.2, -0.15) is 0 Å². The molecule has 2 aromatic carbocycles. The summed E-state index contributed by atoms with van der Waals surface area (Å²) in [5.41, 5.74) is 2.25. The van der Waals surface area contributed by atoms with E-state index in [1.165, 1.54) is 18.4 Å². The van der Waals surface area contributed by atoms with E-state index in [-0.39, 0.29) is 5.56 Å². The fourth-order valence-corrected chi connectivity index (χ4v) is 3.97. The molecular weight excluding hydrogens is 367 g/mol. The molecule has 2 aromatic heterocycles. The highest BCUT2D eigenvalue weighted by Gasteiger charge is 2.11. The third-order valence-corrected chi connectivity index (χ3v) is 5.43. The van der Waals surface area contributed by atoms with E-state index in [2.05, 4.69) is 4.98 Å². The number of methoxy groups -OCH3 is 1. The van der Waals surface area contributed by atoms with Crippen molar-refractivity contribution in [2.75, 3.05) is 7.11 Å². The fourth-order valence-electron chi connectivity index (χ4n) is 2.58. The van der Waals surface area contributed by atoms with Crippen LogP contribution in [0.5, 0.6) is 5.75 Å². The van der Waals surface area contributed by atoms with E-state index >= 15 is 0 Å². The molecule has 0 atom stereocenters. The zero-order valence-electron chi connectivity index (χ0n) is 12.4. The van der Waals surface area contributed by atoms with E-state index < -0.39 is 0 Å². The number of ether oxygens (including phenoxy) is 1. The lowest BCUT2D eigenvalue weighted by molar-refractivity contribution is 0.415. The van der Waals surface area contributed by atoms with Crippen molar-refractivity contribution in [2.45, 2.75) is 0 Å². The number of nitrogens with zero attached hydrogens (tertiary/aromatic N) is 2. The molecule has 0 amide bonds. The normalized spacial score (nSPS) is 12.4. The summed E-state index contributed by atoms with van der Waals surface area (Å²) in [4.78, 5) is 17.9. The average Bonchev–Trinajstić information content (AvgIpc) is 3.07. The first-order chi connectivity index (χ1) is 11.6. The summed E-state index contributed by atoms with van der Waals surface area (Å²) in [5.74, 6) is 0.467. The lowest BCUT2D eigenvalue weighted by atomic mass is 10.2. The molecule has 0 saturated carbocycles. The zero-order valence-corrected chi connectivity index (χ0v) is 14.7. The zero-order chi connectivity index (χ0) is 16.8. The van der Waals surface area contributed by atoms with Crippen LogP contribution >= 0.6 is 34.5 Å². The minimum atomic E-state index is -0.103. The quantitative estimate of drug-likeness (QED) is 0.534. The van der Waals surface area contributed by atoms with Crippen molar-refractivity contribution in [2.24, 2.45) is 0 Å². The van der Waals surface area contributed by atoms with Crippen LogP contribution < -0.4 is 14.8 Å². The Hall–Kier alpha value is -2.08. The Morgan fingerprint density at radius 2 is 2.04 bits per heavy atom. The predicted molar refractivity (Wildman–Crippen MR) is 98.6 cm³/mol. The third kappa shape index (κ3) is 2.36. The van der Waals surface area contributed by atoms with Crippen LogP contribution in [0.15, 0.2) is 41.2 Å². The molecule has 0 spiro atoms. The minimum Gasteiger partial charge on any atom is -0.495 e. The van der Waals surface area contributed by atoms with Gasteiger partial charge in [0.05, 0.1) is 27.7 Å². The fraction of sp³-hybridized carbons (Fsp3) is 0.0588. The SMILES string of the molecule is COc1cc(C=c2sc3nc4ccccc4n3c2=O)cc(Cl)c1Cl. The lowest BCUT2D eigenvalue weighted by Crippen LogP contribution is -2.22. The molecule has 0 aliphatic heterocycles. The molecule has 0 aliphatic rings. The topological polar surface area (TPSA) is 43.6 Å². The van der Waals surface area contributed by atoms with Crippen molar-refractivity contribution in [3.63, 3.8) is 0 Å². The van der Waals surface area contributed by atoms with Gasteiger partial charge in [-0.05, 0) is 35.9 Å². The van der Waals surface area contributed by atoms with Crippen LogP contribution in [0.1, 0.15) is 5.56 Å². The molecule has 24 heavy (non-hydrogen) atoms. The van der Waals surface area contributed by atoms with Crippen LogP contribution in [0, 0.1) is 0 Å².